The number of thiophene rings is 1. The van der Waals surface area contributed by atoms with Crippen LogP contribution in [0.2, 0.25) is 0 Å². The molecule has 10 rings (SSSR count). The number of fused-ring (bicyclic) bond motifs is 6. The molecule has 0 aliphatic rings. The van der Waals surface area contributed by atoms with Gasteiger partial charge in [-0.15, -0.1) is 11.3 Å². The molecule has 7 aromatic carbocycles. The summed E-state index contributed by atoms with van der Waals surface area (Å²) in [6.45, 7) is 0. The van der Waals surface area contributed by atoms with Gasteiger partial charge in [-0.2, -0.15) is 0 Å². The SMILES string of the molecule is [2H]c1cc2c(oc3c([2H])c(-c4ccccc4)cc(-c4cccc5sc6c(-c7nc(-c8ccccc8)nc(-c8ccccc8)n7)cccc6c45)c32)c([2H])c1[2H]. The lowest BCUT2D eigenvalue weighted by Gasteiger charge is -2.11. The first kappa shape index (κ1) is 24.7. The van der Waals surface area contributed by atoms with Crippen molar-refractivity contribution in [1.82, 2.24) is 15.0 Å². The summed E-state index contributed by atoms with van der Waals surface area (Å²) in [5, 5.41) is 3.25. The quantitative estimate of drug-likeness (QED) is 0.184. The van der Waals surface area contributed by atoms with Gasteiger partial charge in [-0.25, -0.2) is 15.0 Å². The maximum absolute atomic E-state index is 9.33. The second-order valence-corrected chi connectivity index (χ2v) is 13.1. The molecule has 0 atom stereocenters. The Morgan fingerprint density at radius 3 is 1.84 bits per heavy atom. The monoisotopic (exact) mass is 661 g/mol. The summed E-state index contributed by atoms with van der Waals surface area (Å²) >= 11 is 1.67. The minimum Gasteiger partial charge on any atom is -0.456 e. The maximum Gasteiger partial charge on any atom is 0.165 e. The molecule has 50 heavy (non-hydrogen) atoms. The Balaban J connectivity index is 1.27. The van der Waals surface area contributed by atoms with Gasteiger partial charge in [0.1, 0.15) is 11.2 Å². The second kappa shape index (κ2) is 11.6. The molecule has 0 amide bonds. The van der Waals surface area contributed by atoms with Crippen molar-refractivity contribution >= 4 is 53.4 Å². The molecule has 0 fully saturated rings. The predicted octanol–water partition coefficient (Wildman–Crippen LogP) is 12.5. The Labute approximate surface area is 297 Å². The Kier molecular flexibility index (Phi) is 5.73. The minimum atomic E-state index is -0.208. The molecule has 0 bridgehead atoms. The molecule has 0 radical (unpaired) electrons. The van der Waals surface area contributed by atoms with Crippen LogP contribution in [0.4, 0.5) is 0 Å². The molecule has 234 valence electrons. The van der Waals surface area contributed by atoms with E-state index in [2.05, 4.69) is 24.3 Å². The highest BCUT2D eigenvalue weighted by atomic mass is 32.1. The third-order valence-corrected chi connectivity index (χ3v) is 10.3. The third-order valence-electron chi connectivity index (χ3n) is 9.05. The molecule has 5 heteroatoms. The smallest absolute Gasteiger partial charge is 0.165 e. The van der Waals surface area contributed by atoms with E-state index in [0.29, 0.717) is 39.4 Å². The molecule has 0 unspecified atom stereocenters. The van der Waals surface area contributed by atoms with Crippen molar-refractivity contribution in [3.63, 3.8) is 0 Å². The largest absolute Gasteiger partial charge is 0.456 e. The fourth-order valence-electron chi connectivity index (χ4n) is 6.77. The predicted molar refractivity (Wildman–Crippen MR) is 207 cm³/mol. The number of aromatic nitrogens is 3. The summed E-state index contributed by atoms with van der Waals surface area (Å²) in [5.41, 5.74) is 6.52. The molecule has 4 nitrogen and oxygen atoms in total. The number of hydrogen-bond donors (Lipinski definition) is 0. The van der Waals surface area contributed by atoms with Crippen LogP contribution in [0, 0.1) is 0 Å². The molecule has 0 aliphatic carbocycles. The van der Waals surface area contributed by atoms with Gasteiger partial charge >= 0.3 is 0 Å². The molecular formula is C45H27N3OS. The van der Waals surface area contributed by atoms with Gasteiger partial charge in [-0.05, 0) is 52.5 Å². The lowest BCUT2D eigenvalue weighted by Crippen LogP contribution is -2.00. The average Bonchev–Trinajstić information content (AvgIpc) is 3.81. The van der Waals surface area contributed by atoms with E-state index in [9.17, 15) is 1.37 Å². The molecule has 3 heterocycles. The Morgan fingerprint density at radius 2 is 1.12 bits per heavy atom. The molecule has 0 spiro atoms. The highest BCUT2D eigenvalue weighted by Crippen LogP contribution is 2.47. The van der Waals surface area contributed by atoms with Crippen LogP contribution < -0.4 is 0 Å². The molecule has 10 aromatic rings. The van der Waals surface area contributed by atoms with E-state index in [1.807, 2.05) is 109 Å². The van der Waals surface area contributed by atoms with Crippen LogP contribution in [-0.2, 0) is 0 Å². The van der Waals surface area contributed by atoms with E-state index in [-0.39, 0.29) is 29.8 Å². The van der Waals surface area contributed by atoms with Gasteiger partial charge in [0.2, 0.25) is 0 Å². The van der Waals surface area contributed by atoms with Gasteiger partial charge < -0.3 is 4.42 Å². The van der Waals surface area contributed by atoms with E-state index in [1.54, 1.807) is 17.4 Å². The summed E-state index contributed by atoms with van der Waals surface area (Å²) in [6.07, 6.45) is 0. The Hall–Kier alpha value is -6.43. The first-order chi connectivity index (χ1) is 26.4. The summed E-state index contributed by atoms with van der Waals surface area (Å²) < 4.78 is 43.3. The minimum absolute atomic E-state index is 0.0641. The fourth-order valence-corrected chi connectivity index (χ4v) is 8.01. The molecule has 0 aliphatic heterocycles. The van der Waals surface area contributed by atoms with Gasteiger partial charge in [0.25, 0.3) is 0 Å². The second-order valence-electron chi connectivity index (χ2n) is 12.1. The number of benzene rings is 7. The molecule has 0 N–H and O–H groups in total. The van der Waals surface area contributed by atoms with Gasteiger partial charge in [-0.3, -0.25) is 0 Å². The zero-order valence-corrected chi connectivity index (χ0v) is 27.3. The fraction of sp³-hybridized carbons (Fsp3) is 0. The summed E-state index contributed by atoms with van der Waals surface area (Å²) in [4.78, 5) is 15.0. The summed E-state index contributed by atoms with van der Waals surface area (Å²) in [5.74, 6) is 1.76. The van der Waals surface area contributed by atoms with E-state index in [0.717, 1.165) is 53.6 Å². The number of nitrogens with zero attached hydrogens (tertiary/aromatic N) is 3. The first-order valence-corrected chi connectivity index (χ1v) is 17.1. The topological polar surface area (TPSA) is 51.8 Å². The molecule has 0 saturated heterocycles. The van der Waals surface area contributed by atoms with Crippen LogP contribution in [0.5, 0.6) is 0 Å². The number of para-hydroxylation sites is 1. The van der Waals surface area contributed by atoms with E-state index in [1.165, 1.54) is 0 Å². The normalized spacial score (nSPS) is 12.7. The average molecular weight is 662 g/mol. The Morgan fingerprint density at radius 1 is 0.480 bits per heavy atom. The number of rotatable bonds is 5. The van der Waals surface area contributed by atoms with E-state index in [4.69, 9.17) is 23.5 Å². The van der Waals surface area contributed by atoms with Crippen LogP contribution in [0.3, 0.4) is 0 Å². The van der Waals surface area contributed by atoms with Crippen molar-refractivity contribution in [3.05, 3.63) is 164 Å². The first-order valence-electron chi connectivity index (χ1n) is 18.3. The maximum atomic E-state index is 9.33. The Bertz CT molecular complexity index is 3030. The van der Waals surface area contributed by atoms with Crippen molar-refractivity contribution in [2.75, 3.05) is 0 Å². The highest BCUT2D eigenvalue weighted by molar-refractivity contribution is 7.26. The van der Waals surface area contributed by atoms with Crippen LogP contribution in [-0.4, -0.2) is 15.0 Å². The third kappa shape index (κ3) is 4.71. The van der Waals surface area contributed by atoms with Gasteiger partial charge in [0.05, 0.1) is 5.48 Å². The van der Waals surface area contributed by atoms with Gasteiger partial charge in [0.15, 0.2) is 17.5 Å². The number of hydrogen-bond acceptors (Lipinski definition) is 5. The van der Waals surface area contributed by atoms with E-state index >= 15 is 0 Å². The van der Waals surface area contributed by atoms with E-state index < -0.39 is 0 Å². The van der Waals surface area contributed by atoms with Crippen LogP contribution in [0.1, 0.15) is 5.48 Å². The number of furan rings is 1. The van der Waals surface area contributed by atoms with Crippen LogP contribution in [0.15, 0.2) is 168 Å². The zero-order chi connectivity index (χ0) is 36.5. The van der Waals surface area contributed by atoms with Gasteiger partial charge in [0, 0.05) is 47.6 Å². The van der Waals surface area contributed by atoms with Crippen molar-refractivity contribution in [2.24, 2.45) is 0 Å². The lowest BCUT2D eigenvalue weighted by molar-refractivity contribution is 0.669. The summed E-state index contributed by atoms with van der Waals surface area (Å²) in [6, 6.07) is 45.5. The summed E-state index contributed by atoms with van der Waals surface area (Å²) in [7, 11) is 0. The van der Waals surface area contributed by atoms with Crippen LogP contribution in [0.25, 0.3) is 98.5 Å². The molecular weight excluding hydrogens is 631 g/mol. The van der Waals surface area contributed by atoms with Crippen molar-refractivity contribution in [1.29, 1.82) is 0 Å². The van der Waals surface area contributed by atoms with Gasteiger partial charge in [-0.1, -0.05) is 133 Å². The molecule has 3 aromatic heterocycles. The van der Waals surface area contributed by atoms with Crippen molar-refractivity contribution in [2.45, 2.75) is 0 Å². The highest BCUT2D eigenvalue weighted by Gasteiger charge is 2.21. The molecule has 0 saturated carbocycles. The lowest BCUT2D eigenvalue weighted by atomic mass is 9.92. The van der Waals surface area contributed by atoms with Crippen LogP contribution >= 0.6 is 11.3 Å². The standard InChI is InChI=1S/C45H27N3OS/c1-4-14-28(15-5-1)31-26-36(40-33-20-10-11-24-37(33)49-38(40)27-31)32-21-13-25-39-41(32)34-22-12-23-35(42(34)50-39)45-47-43(29-16-6-2-7-17-29)46-44(48-45)30-18-8-3-9-19-30/h1-27H/i10D,11D,24D,27D. The zero-order valence-electron chi connectivity index (χ0n) is 30.4. The van der Waals surface area contributed by atoms with Crippen molar-refractivity contribution in [3.8, 4) is 56.4 Å². The van der Waals surface area contributed by atoms with Crippen molar-refractivity contribution < 1.29 is 9.90 Å².